The molecule has 0 radical (unpaired) electrons. The lowest BCUT2D eigenvalue weighted by Gasteiger charge is -2.24. The summed E-state index contributed by atoms with van der Waals surface area (Å²) in [6, 6.07) is 1.57. The molecule has 1 aliphatic heterocycles. The zero-order valence-electron chi connectivity index (χ0n) is 11.2. The third-order valence-corrected chi connectivity index (χ3v) is 3.57. The topological polar surface area (TPSA) is 118 Å². The number of hydrogen-bond acceptors (Lipinski definition) is 6. The van der Waals surface area contributed by atoms with Gasteiger partial charge in [0, 0.05) is 30.4 Å². The molecule has 1 fully saturated rings. The monoisotopic (exact) mass is 279 g/mol. The Labute approximate surface area is 116 Å². The van der Waals surface area contributed by atoms with Crippen LogP contribution in [0.5, 0.6) is 0 Å². The molecule has 1 aliphatic rings. The number of anilines is 1. The Bertz CT molecular complexity index is 546. The molecule has 1 aromatic heterocycles. The van der Waals surface area contributed by atoms with Crippen LogP contribution in [-0.2, 0) is 0 Å². The van der Waals surface area contributed by atoms with Crippen molar-refractivity contribution >= 4 is 17.3 Å². The number of amidine groups is 1. The number of nitrogens with zero attached hydrogens (tertiary/aromatic N) is 4. The van der Waals surface area contributed by atoms with Crippen molar-refractivity contribution in [2.75, 3.05) is 11.4 Å². The largest absolute Gasteiger partial charge is 0.409 e. The molecule has 20 heavy (non-hydrogen) atoms. The maximum absolute atomic E-state index is 11.2. The summed E-state index contributed by atoms with van der Waals surface area (Å²) in [5, 5.41) is 22.7. The van der Waals surface area contributed by atoms with E-state index in [0.29, 0.717) is 5.82 Å². The Balaban J connectivity index is 2.45. The zero-order valence-corrected chi connectivity index (χ0v) is 11.2. The van der Waals surface area contributed by atoms with Gasteiger partial charge in [0.15, 0.2) is 5.84 Å². The second kappa shape index (κ2) is 5.72. The molecule has 108 valence electrons. The highest BCUT2D eigenvalue weighted by Gasteiger charge is 2.30. The van der Waals surface area contributed by atoms with Crippen LogP contribution in [0.3, 0.4) is 0 Å². The lowest BCUT2D eigenvalue weighted by atomic mass is 10.1. The molecule has 0 aliphatic carbocycles. The van der Waals surface area contributed by atoms with E-state index in [4.69, 9.17) is 10.9 Å². The van der Waals surface area contributed by atoms with Gasteiger partial charge < -0.3 is 15.8 Å². The standard InChI is InChI=1S/C12H17N5O3/c1-2-9-4-3-5-16(9)12-10(17(19)20)6-8(7-14-12)11(13)15-18/h6-7,9,18H,2-5H2,1H3,(H2,13,15). The summed E-state index contributed by atoms with van der Waals surface area (Å²) < 4.78 is 0. The van der Waals surface area contributed by atoms with E-state index in [2.05, 4.69) is 17.1 Å². The van der Waals surface area contributed by atoms with Crippen molar-refractivity contribution in [2.45, 2.75) is 32.2 Å². The molecule has 1 unspecified atom stereocenters. The van der Waals surface area contributed by atoms with Crippen LogP contribution >= 0.6 is 0 Å². The molecule has 0 bridgehead atoms. The summed E-state index contributed by atoms with van der Waals surface area (Å²) in [4.78, 5) is 16.9. The Morgan fingerprint density at radius 2 is 2.50 bits per heavy atom. The molecule has 0 amide bonds. The fourth-order valence-corrected chi connectivity index (χ4v) is 2.54. The fraction of sp³-hybridized carbons (Fsp3) is 0.500. The van der Waals surface area contributed by atoms with Crippen molar-refractivity contribution in [3.8, 4) is 0 Å². The van der Waals surface area contributed by atoms with E-state index < -0.39 is 4.92 Å². The second-order valence-corrected chi connectivity index (χ2v) is 4.71. The number of hydrogen-bond donors (Lipinski definition) is 2. The quantitative estimate of drug-likeness (QED) is 0.283. The van der Waals surface area contributed by atoms with Crippen molar-refractivity contribution in [2.24, 2.45) is 10.9 Å². The van der Waals surface area contributed by atoms with Crippen molar-refractivity contribution in [3.05, 3.63) is 27.9 Å². The fourth-order valence-electron chi connectivity index (χ4n) is 2.54. The van der Waals surface area contributed by atoms with Crippen LogP contribution in [-0.4, -0.2) is 33.5 Å². The molecule has 0 spiro atoms. The minimum atomic E-state index is -0.485. The van der Waals surface area contributed by atoms with Crippen LogP contribution in [0.4, 0.5) is 11.5 Å². The predicted octanol–water partition coefficient (Wildman–Crippen LogP) is 1.46. The smallest absolute Gasteiger partial charge is 0.312 e. The van der Waals surface area contributed by atoms with E-state index in [9.17, 15) is 10.1 Å². The first kappa shape index (κ1) is 14.0. The lowest BCUT2D eigenvalue weighted by Crippen LogP contribution is -2.30. The average molecular weight is 279 g/mol. The Kier molecular flexibility index (Phi) is 4.02. The van der Waals surface area contributed by atoms with Crippen LogP contribution in [0.2, 0.25) is 0 Å². The molecule has 3 N–H and O–H groups in total. The normalized spacial score (nSPS) is 19.4. The number of aromatic nitrogens is 1. The third-order valence-electron chi connectivity index (χ3n) is 3.57. The Morgan fingerprint density at radius 3 is 3.10 bits per heavy atom. The SMILES string of the molecule is CCC1CCCN1c1ncc(C(N)=NO)cc1[N+](=O)[O-]. The summed E-state index contributed by atoms with van der Waals surface area (Å²) in [6.07, 6.45) is 4.32. The molecule has 0 saturated carbocycles. The first-order valence-corrected chi connectivity index (χ1v) is 6.47. The van der Waals surface area contributed by atoms with Gasteiger partial charge in [-0.3, -0.25) is 10.1 Å². The van der Waals surface area contributed by atoms with Gasteiger partial charge in [0.05, 0.1) is 4.92 Å². The number of rotatable bonds is 4. The van der Waals surface area contributed by atoms with Gasteiger partial charge >= 0.3 is 5.69 Å². The van der Waals surface area contributed by atoms with Gasteiger partial charge in [-0.15, -0.1) is 0 Å². The summed E-state index contributed by atoms with van der Waals surface area (Å²) in [5.74, 6) is 0.162. The summed E-state index contributed by atoms with van der Waals surface area (Å²) in [6.45, 7) is 2.81. The highest BCUT2D eigenvalue weighted by atomic mass is 16.6. The third kappa shape index (κ3) is 2.49. The maximum Gasteiger partial charge on any atom is 0.312 e. The molecule has 0 aromatic carbocycles. The zero-order chi connectivity index (χ0) is 14.7. The minimum Gasteiger partial charge on any atom is -0.409 e. The van der Waals surface area contributed by atoms with Gasteiger partial charge in [-0.05, 0) is 19.3 Å². The van der Waals surface area contributed by atoms with Crippen LogP contribution in [0.15, 0.2) is 17.4 Å². The molecule has 8 nitrogen and oxygen atoms in total. The molecule has 2 rings (SSSR count). The highest BCUT2D eigenvalue weighted by molar-refractivity contribution is 5.97. The van der Waals surface area contributed by atoms with E-state index in [1.165, 1.54) is 12.3 Å². The maximum atomic E-state index is 11.2. The molecular formula is C12H17N5O3. The van der Waals surface area contributed by atoms with E-state index in [-0.39, 0.29) is 23.1 Å². The highest BCUT2D eigenvalue weighted by Crippen LogP contribution is 2.33. The first-order chi connectivity index (χ1) is 9.58. The number of pyridine rings is 1. The summed E-state index contributed by atoms with van der Waals surface area (Å²) in [7, 11) is 0. The Hall–Kier alpha value is -2.38. The van der Waals surface area contributed by atoms with E-state index >= 15 is 0 Å². The van der Waals surface area contributed by atoms with Crippen molar-refractivity contribution in [1.82, 2.24) is 4.98 Å². The number of nitro groups is 1. The van der Waals surface area contributed by atoms with Crippen LogP contribution in [0.1, 0.15) is 31.7 Å². The van der Waals surface area contributed by atoms with Gasteiger partial charge in [0.2, 0.25) is 5.82 Å². The van der Waals surface area contributed by atoms with Gasteiger partial charge in [-0.1, -0.05) is 12.1 Å². The summed E-state index contributed by atoms with van der Waals surface area (Å²) in [5.41, 5.74) is 5.56. The van der Waals surface area contributed by atoms with E-state index in [0.717, 1.165) is 25.8 Å². The first-order valence-electron chi connectivity index (χ1n) is 6.47. The number of nitrogens with two attached hydrogens (primary N) is 1. The molecular weight excluding hydrogens is 262 g/mol. The van der Waals surface area contributed by atoms with Crippen LogP contribution in [0, 0.1) is 10.1 Å². The molecule has 1 saturated heterocycles. The van der Waals surface area contributed by atoms with Gasteiger partial charge in [0.1, 0.15) is 0 Å². The van der Waals surface area contributed by atoms with Crippen molar-refractivity contribution < 1.29 is 10.1 Å². The van der Waals surface area contributed by atoms with Crippen molar-refractivity contribution in [1.29, 1.82) is 0 Å². The lowest BCUT2D eigenvalue weighted by molar-refractivity contribution is -0.384. The number of oxime groups is 1. The molecule has 1 aromatic rings. The van der Waals surface area contributed by atoms with E-state index in [1.807, 2.05) is 4.90 Å². The van der Waals surface area contributed by atoms with Gasteiger partial charge in [-0.2, -0.15) is 0 Å². The van der Waals surface area contributed by atoms with Gasteiger partial charge in [-0.25, -0.2) is 4.98 Å². The Morgan fingerprint density at radius 1 is 1.75 bits per heavy atom. The van der Waals surface area contributed by atoms with Crippen LogP contribution in [0.25, 0.3) is 0 Å². The minimum absolute atomic E-state index is 0.116. The molecule has 8 heteroatoms. The molecule has 2 heterocycles. The predicted molar refractivity (Wildman–Crippen MR) is 74.1 cm³/mol. The average Bonchev–Trinajstić information content (AvgIpc) is 2.93. The van der Waals surface area contributed by atoms with Crippen LogP contribution < -0.4 is 10.6 Å². The van der Waals surface area contributed by atoms with E-state index in [1.54, 1.807) is 0 Å². The second-order valence-electron chi connectivity index (χ2n) is 4.71. The van der Waals surface area contributed by atoms with Gasteiger partial charge in [0.25, 0.3) is 0 Å². The summed E-state index contributed by atoms with van der Waals surface area (Å²) >= 11 is 0. The molecule has 1 atom stereocenters. The van der Waals surface area contributed by atoms with Crippen molar-refractivity contribution in [3.63, 3.8) is 0 Å².